The van der Waals surface area contributed by atoms with Gasteiger partial charge in [-0.05, 0) is 12.8 Å². The van der Waals surface area contributed by atoms with Gasteiger partial charge < -0.3 is 0 Å². The summed E-state index contributed by atoms with van der Waals surface area (Å²) in [6.07, 6.45) is 0. The highest BCUT2D eigenvalue weighted by molar-refractivity contribution is 9.10. The van der Waals surface area contributed by atoms with Gasteiger partial charge in [0.15, 0.2) is 0 Å². The molecule has 0 amide bonds. The number of hydrogen-bond donors (Lipinski definition) is 0. The van der Waals surface area contributed by atoms with E-state index in [0.29, 0.717) is 0 Å². The normalized spacial score (nSPS) is 13.2. The summed E-state index contributed by atoms with van der Waals surface area (Å²) in [5, 5.41) is 0. The van der Waals surface area contributed by atoms with Crippen molar-refractivity contribution in [2.75, 3.05) is 0 Å². The summed E-state index contributed by atoms with van der Waals surface area (Å²) in [5.41, 5.74) is 3.01. The van der Waals surface area contributed by atoms with E-state index >= 15 is 0 Å². The minimum atomic E-state index is -1.37. The van der Waals surface area contributed by atoms with E-state index in [4.69, 9.17) is 0 Å². The number of alkyl halides is 1. The molecule has 0 bridgehead atoms. The molecule has 0 aromatic carbocycles. The molecule has 0 aromatic rings. The van der Waals surface area contributed by atoms with Crippen LogP contribution in [0.15, 0.2) is 0 Å². The van der Waals surface area contributed by atoms with Crippen molar-refractivity contribution in [3.63, 3.8) is 0 Å². The van der Waals surface area contributed by atoms with E-state index in [2.05, 4.69) is 47.0 Å². The molecule has 0 aromatic heterocycles. The van der Waals surface area contributed by atoms with Crippen LogP contribution in [0.1, 0.15) is 6.92 Å². The highest BCUT2D eigenvalue weighted by Crippen LogP contribution is 2.00. The first kappa shape index (κ1) is 10.9. The summed E-state index contributed by atoms with van der Waals surface area (Å²) >= 11 is 3.17. The maximum Gasteiger partial charge on any atom is 0.218 e. The number of carbonyl (C=O) groups is 1. The standard InChI is InChI=1S/C8H13BrOSi/c1-7(9)8(10)5-6-11(2,3)4/h7H,1-4H3. The highest BCUT2D eigenvalue weighted by Gasteiger charge is 2.10. The molecule has 1 atom stereocenters. The average molecular weight is 233 g/mol. The fraction of sp³-hybridized carbons (Fsp3) is 0.625. The molecule has 0 fully saturated rings. The third-order valence-electron chi connectivity index (χ3n) is 0.922. The van der Waals surface area contributed by atoms with E-state index in [9.17, 15) is 4.79 Å². The van der Waals surface area contributed by atoms with E-state index in [0.717, 1.165) is 0 Å². The van der Waals surface area contributed by atoms with E-state index in [1.165, 1.54) is 0 Å². The van der Waals surface area contributed by atoms with Gasteiger partial charge in [0.05, 0.1) is 4.83 Å². The Morgan fingerprint density at radius 1 is 1.45 bits per heavy atom. The van der Waals surface area contributed by atoms with Gasteiger partial charge in [0.25, 0.3) is 0 Å². The lowest BCUT2D eigenvalue weighted by Crippen LogP contribution is -2.18. The van der Waals surface area contributed by atoms with Crippen LogP contribution in [0.3, 0.4) is 0 Å². The molecule has 0 saturated heterocycles. The summed E-state index contributed by atoms with van der Waals surface area (Å²) in [6.45, 7) is 8.14. The monoisotopic (exact) mass is 232 g/mol. The van der Waals surface area contributed by atoms with E-state index in [1.54, 1.807) is 6.92 Å². The van der Waals surface area contributed by atoms with Crippen LogP contribution in [-0.2, 0) is 4.79 Å². The highest BCUT2D eigenvalue weighted by atomic mass is 79.9. The average Bonchev–Trinajstić information content (AvgIpc) is 1.80. The van der Waals surface area contributed by atoms with E-state index in [1.807, 2.05) is 0 Å². The Hall–Kier alpha value is -0.0731. The summed E-state index contributed by atoms with van der Waals surface area (Å²) < 4.78 is 0. The Bertz CT molecular complexity index is 204. The van der Waals surface area contributed by atoms with Gasteiger partial charge in [-0.15, -0.1) is 5.54 Å². The Kier molecular flexibility index (Phi) is 4.05. The van der Waals surface area contributed by atoms with Crippen molar-refractivity contribution in [1.29, 1.82) is 0 Å². The Morgan fingerprint density at radius 2 is 1.91 bits per heavy atom. The van der Waals surface area contributed by atoms with Crippen molar-refractivity contribution in [2.24, 2.45) is 0 Å². The molecular weight excluding hydrogens is 220 g/mol. The van der Waals surface area contributed by atoms with E-state index in [-0.39, 0.29) is 10.6 Å². The second-order valence-corrected chi connectivity index (χ2v) is 9.60. The van der Waals surface area contributed by atoms with Crippen LogP contribution < -0.4 is 0 Å². The molecule has 0 saturated carbocycles. The second kappa shape index (κ2) is 4.08. The van der Waals surface area contributed by atoms with Crippen molar-refractivity contribution in [3.05, 3.63) is 0 Å². The molecule has 0 aliphatic heterocycles. The molecule has 0 aliphatic carbocycles. The fourth-order valence-corrected chi connectivity index (χ4v) is 0.961. The summed E-state index contributed by atoms with van der Waals surface area (Å²) in [5.74, 6) is 2.63. The number of hydrogen-bond acceptors (Lipinski definition) is 1. The lowest BCUT2D eigenvalue weighted by molar-refractivity contribution is -0.113. The molecule has 0 heterocycles. The van der Waals surface area contributed by atoms with Gasteiger partial charge in [-0.25, -0.2) is 0 Å². The minimum absolute atomic E-state index is 0.0209. The molecule has 0 spiro atoms. The summed E-state index contributed by atoms with van der Waals surface area (Å²) in [6, 6.07) is 0. The number of halogens is 1. The van der Waals surface area contributed by atoms with Crippen molar-refractivity contribution in [1.82, 2.24) is 0 Å². The van der Waals surface area contributed by atoms with Gasteiger partial charge in [0.1, 0.15) is 8.07 Å². The zero-order valence-electron chi connectivity index (χ0n) is 7.36. The molecule has 0 N–H and O–H groups in total. The minimum Gasteiger partial charge on any atom is -0.284 e. The maximum atomic E-state index is 11.0. The smallest absolute Gasteiger partial charge is 0.218 e. The first-order valence-corrected chi connectivity index (χ1v) is 7.95. The van der Waals surface area contributed by atoms with Crippen LogP contribution in [0.5, 0.6) is 0 Å². The van der Waals surface area contributed by atoms with Gasteiger partial charge in [-0.3, -0.25) is 4.79 Å². The molecule has 0 rings (SSSR count). The van der Waals surface area contributed by atoms with Gasteiger partial charge >= 0.3 is 0 Å². The molecule has 1 unspecified atom stereocenters. The second-order valence-electron chi connectivity index (χ2n) is 3.48. The number of Topliss-reactive ketones (excluding diaryl/α,β-unsaturated/α-hetero) is 1. The van der Waals surface area contributed by atoms with Gasteiger partial charge in [0.2, 0.25) is 5.78 Å². The quantitative estimate of drug-likeness (QED) is 0.385. The molecular formula is C8H13BrOSi. The van der Waals surface area contributed by atoms with Crippen LogP contribution in [0, 0.1) is 11.5 Å². The van der Waals surface area contributed by atoms with Gasteiger partial charge in [-0.1, -0.05) is 35.6 Å². The number of rotatable bonds is 1. The molecule has 0 radical (unpaired) electrons. The first-order chi connectivity index (χ1) is 4.83. The number of ketones is 1. The van der Waals surface area contributed by atoms with Crippen molar-refractivity contribution < 1.29 is 4.79 Å². The molecule has 1 nitrogen and oxygen atoms in total. The largest absolute Gasteiger partial charge is 0.284 e. The lowest BCUT2D eigenvalue weighted by atomic mass is 10.3. The van der Waals surface area contributed by atoms with Gasteiger partial charge in [-0.2, -0.15) is 0 Å². The van der Waals surface area contributed by atoms with Crippen molar-refractivity contribution in [3.8, 4) is 11.5 Å². The topological polar surface area (TPSA) is 17.1 Å². The zero-order valence-corrected chi connectivity index (χ0v) is 9.95. The molecule has 0 aliphatic rings. The SMILES string of the molecule is CC(Br)C(=O)C#C[Si](C)(C)C. The zero-order chi connectivity index (χ0) is 9.07. The Morgan fingerprint density at radius 3 is 2.18 bits per heavy atom. The van der Waals surface area contributed by atoms with Crippen LogP contribution in [0.4, 0.5) is 0 Å². The molecule has 3 heteroatoms. The first-order valence-electron chi connectivity index (χ1n) is 3.54. The third-order valence-corrected chi connectivity index (χ3v) is 2.21. The van der Waals surface area contributed by atoms with Crippen LogP contribution >= 0.6 is 15.9 Å². The fourth-order valence-electron chi connectivity index (χ4n) is 0.349. The van der Waals surface area contributed by atoms with Gasteiger partial charge in [0, 0.05) is 0 Å². The van der Waals surface area contributed by atoms with Crippen LogP contribution in [0.2, 0.25) is 19.6 Å². The van der Waals surface area contributed by atoms with Crippen LogP contribution in [-0.4, -0.2) is 18.7 Å². The Balaban J connectivity index is 4.20. The lowest BCUT2D eigenvalue weighted by Gasteiger charge is -2.03. The maximum absolute atomic E-state index is 11.0. The number of carbonyl (C=O) groups excluding carboxylic acids is 1. The van der Waals surface area contributed by atoms with Crippen molar-refractivity contribution >= 4 is 29.8 Å². The third kappa shape index (κ3) is 6.33. The van der Waals surface area contributed by atoms with Crippen LogP contribution in [0.25, 0.3) is 0 Å². The van der Waals surface area contributed by atoms with E-state index < -0.39 is 8.07 Å². The molecule has 11 heavy (non-hydrogen) atoms. The molecule has 62 valence electrons. The van der Waals surface area contributed by atoms with Crippen molar-refractivity contribution in [2.45, 2.75) is 31.4 Å². The Labute approximate surface area is 77.7 Å². The summed E-state index contributed by atoms with van der Waals surface area (Å²) in [7, 11) is -1.37. The summed E-state index contributed by atoms with van der Waals surface area (Å²) in [4.78, 5) is 10.9. The predicted octanol–water partition coefficient (Wildman–Crippen LogP) is 2.22. The predicted molar refractivity (Wildman–Crippen MR) is 54.5 cm³/mol.